The minimum absolute atomic E-state index is 0.0140. The van der Waals surface area contributed by atoms with Crippen molar-refractivity contribution in [3.05, 3.63) is 24.5 Å². The number of rotatable bonds is 7. The fourth-order valence-electron chi connectivity index (χ4n) is 1.45. The van der Waals surface area contributed by atoms with Crippen LogP contribution in [0.4, 0.5) is 0 Å². The van der Waals surface area contributed by atoms with Gasteiger partial charge in [0.25, 0.3) is 0 Å². The van der Waals surface area contributed by atoms with Crippen molar-refractivity contribution in [1.29, 1.82) is 0 Å². The summed E-state index contributed by atoms with van der Waals surface area (Å²) >= 11 is 1.43. The van der Waals surface area contributed by atoms with Crippen LogP contribution in [-0.4, -0.2) is 47.7 Å². The first-order valence-electron chi connectivity index (χ1n) is 6.04. The molecule has 1 rings (SSSR count). The minimum atomic E-state index is -0.393. The lowest BCUT2D eigenvalue weighted by Gasteiger charge is -2.20. The lowest BCUT2D eigenvalue weighted by molar-refractivity contribution is -0.146. The number of amides is 1. The van der Waals surface area contributed by atoms with E-state index in [1.807, 2.05) is 19.1 Å². The van der Waals surface area contributed by atoms with E-state index in [-0.39, 0.29) is 12.5 Å². The monoisotopic (exact) mass is 282 g/mol. The number of hydrogen-bond donors (Lipinski definition) is 0. The Morgan fingerprint density at radius 1 is 1.37 bits per heavy atom. The first-order chi connectivity index (χ1) is 9.17. The molecule has 0 spiro atoms. The summed E-state index contributed by atoms with van der Waals surface area (Å²) in [5.41, 5.74) is 0. The molecule has 104 valence electrons. The molecule has 0 aromatic carbocycles. The van der Waals surface area contributed by atoms with Gasteiger partial charge in [-0.1, -0.05) is 6.92 Å². The molecule has 0 aliphatic heterocycles. The lowest BCUT2D eigenvalue weighted by atomic mass is 10.4. The highest BCUT2D eigenvalue weighted by atomic mass is 32.2. The maximum atomic E-state index is 12.0. The number of carbonyl (C=O) groups excluding carboxylic acids is 2. The molecule has 0 saturated heterocycles. The average Bonchev–Trinajstić information content (AvgIpc) is 2.45. The Balaban J connectivity index is 2.50. The standard InChI is InChI=1S/C13H18N2O3S/c1-3-8-15(9-13(17)18-2)12(16)10-19-11-4-6-14-7-5-11/h4-7H,3,8-10H2,1-2H3. The number of thioether (sulfide) groups is 1. The van der Waals surface area contributed by atoms with Crippen LogP contribution in [0.5, 0.6) is 0 Å². The predicted octanol–water partition coefficient (Wildman–Crippen LogP) is 1.59. The van der Waals surface area contributed by atoms with E-state index in [0.717, 1.165) is 11.3 Å². The van der Waals surface area contributed by atoms with Gasteiger partial charge >= 0.3 is 5.97 Å². The lowest BCUT2D eigenvalue weighted by Crippen LogP contribution is -2.37. The van der Waals surface area contributed by atoms with E-state index in [4.69, 9.17) is 0 Å². The van der Waals surface area contributed by atoms with Gasteiger partial charge in [-0.25, -0.2) is 0 Å². The molecule has 19 heavy (non-hydrogen) atoms. The highest BCUT2D eigenvalue weighted by Gasteiger charge is 2.16. The number of nitrogens with zero attached hydrogens (tertiary/aromatic N) is 2. The second-order valence-electron chi connectivity index (χ2n) is 3.86. The van der Waals surface area contributed by atoms with E-state index in [0.29, 0.717) is 12.3 Å². The van der Waals surface area contributed by atoms with Gasteiger partial charge in [0.15, 0.2) is 0 Å². The van der Waals surface area contributed by atoms with Crippen LogP contribution >= 0.6 is 11.8 Å². The Kier molecular flexibility index (Phi) is 6.95. The Labute approximate surface area is 117 Å². The summed E-state index contributed by atoms with van der Waals surface area (Å²) in [6, 6.07) is 3.70. The van der Waals surface area contributed by atoms with Crippen molar-refractivity contribution in [3.63, 3.8) is 0 Å². The van der Waals surface area contributed by atoms with Gasteiger partial charge in [0.2, 0.25) is 5.91 Å². The van der Waals surface area contributed by atoms with Crippen LogP contribution in [0, 0.1) is 0 Å². The van der Waals surface area contributed by atoms with Crippen LogP contribution < -0.4 is 0 Å². The first-order valence-corrected chi connectivity index (χ1v) is 7.03. The van der Waals surface area contributed by atoms with Crippen LogP contribution in [0.3, 0.4) is 0 Å². The van der Waals surface area contributed by atoms with Gasteiger partial charge in [-0.2, -0.15) is 0 Å². The molecule has 0 saturated carbocycles. The molecule has 0 aliphatic carbocycles. The third-order valence-corrected chi connectivity index (χ3v) is 3.40. The van der Waals surface area contributed by atoms with Crippen molar-refractivity contribution >= 4 is 23.6 Å². The van der Waals surface area contributed by atoms with Crippen molar-refractivity contribution in [1.82, 2.24) is 9.88 Å². The van der Waals surface area contributed by atoms with Gasteiger partial charge in [0, 0.05) is 23.8 Å². The summed E-state index contributed by atoms with van der Waals surface area (Å²) < 4.78 is 4.59. The number of esters is 1. The van der Waals surface area contributed by atoms with Crippen molar-refractivity contribution in [2.75, 3.05) is 26.0 Å². The topological polar surface area (TPSA) is 59.5 Å². The molecule has 1 amide bonds. The Morgan fingerprint density at radius 2 is 2.05 bits per heavy atom. The SMILES string of the molecule is CCCN(CC(=O)OC)C(=O)CSc1ccncc1. The molecule has 0 atom stereocenters. The van der Waals surface area contributed by atoms with Gasteiger partial charge in [-0.15, -0.1) is 11.8 Å². The van der Waals surface area contributed by atoms with Crippen molar-refractivity contribution in [2.45, 2.75) is 18.2 Å². The van der Waals surface area contributed by atoms with E-state index in [1.54, 1.807) is 12.4 Å². The number of methoxy groups -OCH3 is 1. The number of pyridine rings is 1. The average molecular weight is 282 g/mol. The Morgan fingerprint density at radius 3 is 2.63 bits per heavy atom. The Bertz CT molecular complexity index is 412. The van der Waals surface area contributed by atoms with Crippen LogP contribution in [0.15, 0.2) is 29.4 Å². The fraction of sp³-hybridized carbons (Fsp3) is 0.462. The molecule has 1 aromatic rings. The van der Waals surface area contributed by atoms with Crippen molar-refractivity contribution < 1.29 is 14.3 Å². The van der Waals surface area contributed by atoms with E-state index >= 15 is 0 Å². The predicted molar refractivity (Wildman–Crippen MR) is 73.8 cm³/mol. The molecule has 0 unspecified atom stereocenters. The summed E-state index contributed by atoms with van der Waals surface area (Å²) in [7, 11) is 1.32. The second-order valence-corrected chi connectivity index (χ2v) is 4.91. The molecule has 0 bridgehead atoms. The summed E-state index contributed by atoms with van der Waals surface area (Å²) in [5.74, 6) is -0.147. The first kappa shape index (κ1) is 15.5. The molecule has 0 fully saturated rings. The Hall–Kier alpha value is -1.56. The maximum absolute atomic E-state index is 12.0. The highest BCUT2D eigenvalue weighted by molar-refractivity contribution is 8.00. The molecule has 6 heteroatoms. The van der Waals surface area contributed by atoms with Gasteiger partial charge < -0.3 is 9.64 Å². The van der Waals surface area contributed by atoms with Crippen LogP contribution in [0.25, 0.3) is 0 Å². The smallest absolute Gasteiger partial charge is 0.325 e. The molecule has 0 aliphatic rings. The van der Waals surface area contributed by atoms with Crippen molar-refractivity contribution in [3.8, 4) is 0 Å². The molecular weight excluding hydrogens is 264 g/mol. The molecule has 5 nitrogen and oxygen atoms in total. The molecule has 1 heterocycles. The maximum Gasteiger partial charge on any atom is 0.325 e. The highest BCUT2D eigenvalue weighted by Crippen LogP contribution is 2.16. The van der Waals surface area contributed by atoms with Crippen LogP contribution in [0.1, 0.15) is 13.3 Å². The molecular formula is C13H18N2O3S. The largest absolute Gasteiger partial charge is 0.468 e. The number of hydrogen-bond acceptors (Lipinski definition) is 5. The third kappa shape index (κ3) is 5.74. The summed E-state index contributed by atoms with van der Waals surface area (Å²) in [6.07, 6.45) is 4.18. The zero-order valence-electron chi connectivity index (χ0n) is 11.2. The molecule has 0 radical (unpaired) electrons. The van der Waals surface area contributed by atoms with E-state index in [1.165, 1.54) is 23.8 Å². The van der Waals surface area contributed by atoms with E-state index in [2.05, 4.69) is 9.72 Å². The minimum Gasteiger partial charge on any atom is -0.468 e. The molecule has 1 aromatic heterocycles. The zero-order chi connectivity index (χ0) is 14.1. The number of carbonyl (C=O) groups is 2. The zero-order valence-corrected chi connectivity index (χ0v) is 12.0. The van der Waals surface area contributed by atoms with Gasteiger partial charge in [-0.05, 0) is 18.6 Å². The summed E-state index contributed by atoms with van der Waals surface area (Å²) in [4.78, 5) is 29.7. The summed E-state index contributed by atoms with van der Waals surface area (Å²) in [5, 5.41) is 0. The number of aromatic nitrogens is 1. The quantitative estimate of drug-likeness (QED) is 0.561. The van der Waals surface area contributed by atoms with E-state index in [9.17, 15) is 9.59 Å². The third-order valence-electron chi connectivity index (χ3n) is 2.41. The van der Waals surface area contributed by atoms with Gasteiger partial charge in [0.05, 0.1) is 12.9 Å². The fourth-order valence-corrected chi connectivity index (χ4v) is 2.24. The van der Waals surface area contributed by atoms with Gasteiger partial charge in [-0.3, -0.25) is 14.6 Å². The van der Waals surface area contributed by atoms with Crippen LogP contribution in [0.2, 0.25) is 0 Å². The molecule has 0 N–H and O–H groups in total. The second kappa shape index (κ2) is 8.53. The van der Waals surface area contributed by atoms with Gasteiger partial charge in [0.1, 0.15) is 6.54 Å². The number of ether oxygens (including phenoxy) is 1. The van der Waals surface area contributed by atoms with Crippen molar-refractivity contribution in [2.24, 2.45) is 0 Å². The van der Waals surface area contributed by atoms with Crippen LogP contribution in [-0.2, 0) is 14.3 Å². The van der Waals surface area contributed by atoms with E-state index < -0.39 is 5.97 Å². The normalized spacial score (nSPS) is 10.0. The summed E-state index contributed by atoms with van der Waals surface area (Å²) in [6.45, 7) is 2.54.